The van der Waals surface area contributed by atoms with E-state index in [1.54, 1.807) is 23.3 Å². The number of rotatable bonds is 2. The molecule has 0 spiro atoms. The van der Waals surface area contributed by atoms with Gasteiger partial charge in [0.15, 0.2) is 5.16 Å². The lowest BCUT2D eigenvalue weighted by Gasteiger charge is -1.97. The topological polar surface area (TPSA) is 69.6 Å². The Morgan fingerprint density at radius 1 is 1.33 bits per heavy atom. The zero-order valence-electron chi connectivity index (χ0n) is 8.51. The van der Waals surface area contributed by atoms with E-state index in [-0.39, 0.29) is 0 Å². The van der Waals surface area contributed by atoms with Crippen molar-refractivity contribution in [3.8, 4) is 0 Å². The smallest absolute Gasteiger partial charge is 0.194 e. The molecule has 15 heavy (non-hydrogen) atoms. The van der Waals surface area contributed by atoms with Crippen molar-refractivity contribution in [1.82, 2.24) is 19.7 Å². The molecule has 2 rings (SSSR count). The minimum absolute atomic E-state index is 0.645. The maximum atomic E-state index is 5.76. The van der Waals surface area contributed by atoms with Crippen LogP contribution in [0, 0.1) is 6.92 Å². The van der Waals surface area contributed by atoms with E-state index in [0.717, 1.165) is 10.6 Å². The fourth-order valence-electron chi connectivity index (χ4n) is 1.09. The lowest BCUT2D eigenvalue weighted by Crippen LogP contribution is -1.90. The molecule has 0 bridgehead atoms. The summed E-state index contributed by atoms with van der Waals surface area (Å²) in [6.07, 6.45) is 5.31. The highest BCUT2D eigenvalue weighted by molar-refractivity contribution is 7.99. The molecule has 6 heteroatoms. The van der Waals surface area contributed by atoms with Gasteiger partial charge in [-0.05, 0) is 24.2 Å². The van der Waals surface area contributed by atoms with Crippen molar-refractivity contribution in [2.45, 2.75) is 17.1 Å². The molecule has 0 aliphatic rings. The SMILES string of the molecule is Cc1cnc(Sc2nn(C)cc2N)nc1. The van der Waals surface area contributed by atoms with Crippen molar-refractivity contribution >= 4 is 17.4 Å². The molecule has 2 heterocycles. The third kappa shape index (κ3) is 2.27. The van der Waals surface area contributed by atoms with Crippen molar-refractivity contribution in [2.24, 2.45) is 7.05 Å². The van der Waals surface area contributed by atoms with Crippen LogP contribution in [0.4, 0.5) is 5.69 Å². The predicted octanol–water partition coefficient (Wildman–Crippen LogP) is 1.25. The Labute approximate surface area is 91.7 Å². The van der Waals surface area contributed by atoms with Gasteiger partial charge in [0.2, 0.25) is 0 Å². The van der Waals surface area contributed by atoms with E-state index in [1.807, 2.05) is 14.0 Å². The number of nitrogens with two attached hydrogens (primary N) is 1. The zero-order chi connectivity index (χ0) is 10.8. The van der Waals surface area contributed by atoms with Crippen molar-refractivity contribution in [3.63, 3.8) is 0 Å². The number of hydrogen-bond donors (Lipinski definition) is 1. The molecule has 78 valence electrons. The Morgan fingerprint density at radius 3 is 2.53 bits per heavy atom. The Kier molecular flexibility index (Phi) is 2.59. The maximum Gasteiger partial charge on any atom is 0.194 e. The van der Waals surface area contributed by atoms with Crippen LogP contribution in [-0.2, 0) is 7.05 Å². The zero-order valence-corrected chi connectivity index (χ0v) is 9.32. The average molecular weight is 221 g/mol. The lowest BCUT2D eigenvalue weighted by atomic mass is 10.4. The summed E-state index contributed by atoms with van der Waals surface area (Å²) in [5, 5.41) is 5.60. The van der Waals surface area contributed by atoms with Crippen LogP contribution in [0.1, 0.15) is 5.56 Å². The first-order valence-electron chi connectivity index (χ1n) is 4.41. The molecule has 0 saturated heterocycles. The van der Waals surface area contributed by atoms with Gasteiger partial charge in [-0.3, -0.25) is 4.68 Å². The number of hydrogen-bond acceptors (Lipinski definition) is 5. The molecule has 2 aromatic rings. The molecule has 0 atom stereocenters. The molecule has 0 amide bonds. The van der Waals surface area contributed by atoms with Crippen LogP contribution >= 0.6 is 11.8 Å². The molecule has 0 radical (unpaired) electrons. The molecular weight excluding hydrogens is 210 g/mol. The summed E-state index contributed by atoms with van der Waals surface area (Å²) < 4.78 is 1.67. The average Bonchev–Trinajstić information content (AvgIpc) is 2.49. The minimum atomic E-state index is 0.645. The third-order valence-corrected chi connectivity index (χ3v) is 2.67. The maximum absolute atomic E-state index is 5.76. The number of aromatic nitrogens is 4. The van der Waals surface area contributed by atoms with Crippen LogP contribution in [0.25, 0.3) is 0 Å². The van der Waals surface area contributed by atoms with Crippen LogP contribution < -0.4 is 5.73 Å². The molecule has 2 N–H and O–H groups in total. The Balaban J connectivity index is 2.21. The van der Waals surface area contributed by atoms with Gasteiger partial charge < -0.3 is 5.73 Å². The standard InChI is InChI=1S/C9H11N5S/c1-6-3-11-9(12-4-6)15-8-7(10)5-14(2)13-8/h3-5H,10H2,1-2H3. The normalized spacial score (nSPS) is 10.5. The molecule has 5 nitrogen and oxygen atoms in total. The van der Waals surface area contributed by atoms with Gasteiger partial charge in [0, 0.05) is 25.6 Å². The number of aryl methyl sites for hydroxylation is 2. The molecule has 0 unspecified atom stereocenters. The van der Waals surface area contributed by atoms with Crippen LogP contribution in [0.2, 0.25) is 0 Å². The highest BCUT2D eigenvalue weighted by Gasteiger charge is 2.07. The van der Waals surface area contributed by atoms with E-state index < -0.39 is 0 Å². The minimum Gasteiger partial charge on any atom is -0.395 e. The van der Waals surface area contributed by atoms with Crippen LogP contribution in [-0.4, -0.2) is 19.7 Å². The molecule has 0 aliphatic heterocycles. The van der Waals surface area contributed by atoms with Crippen molar-refractivity contribution in [1.29, 1.82) is 0 Å². The largest absolute Gasteiger partial charge is 0.395 e. The summed E-state index contributed by atoms with van der Waals surface area (Å²) in [4.78, 5) is 8.34. The fraction of sp³-hybridized carbons (Fsp3) is 0.222. The first kappa shape index (κ1) is 9.97. The Bertz CT molecular complexity index is 462. The molecule has 0 saturated carbocycles. The summed E-state index contributed by atoms with van der Waals surface area (Å²) in [7, 11) is 1.83. The summed E-state index contributed by atoms with van der Waals surface area (Å²) in [6.45, 7) is 1.95. The quantitative estimate of drug-likeness (QED) is 0.773. The van der Waals surface area contributed by atoms with E-state index in [9.17, 15) is 0 Å². The second-order valence-electron chi connectivity index (χ2n) is 3.21. The van der Waals surface area contributed by atoms with Crippen LogP contribution in [0.5, 0.6) is 0 Å². The van der Waals surface area contributed by atoms with Crippen LogP contribution in [0.15, 0.2) is 28.8 Å². The van der Waals surface area contributed by atoms with Gasteiger partial charge in [-0.15, -0.1) is 0 Å². The van der Waals surface area contributed by atoms with Crippen LogP contribution in [0.3, 0.4) is 0 Å². The first-order valence-corrected chi connectivity index (χ1v) is 5.22. The summed E-state index contributed by atoms with van der Waals surface area (Å²) in [5.41, 5.74) is 7.44. The monoisotopic (exact) mass is 221 g/mol. The molecule has 2 aromatic heterocycles. The third-order valence-electron chi connectivity index (χ3n) is 1.77. The van der Waals surface area contributed by atoms with E-state index in [2.05, 4.69) is 15.1 Å². The molecule has 0 fully saturated rings. The predicted molar refractivity (Wildman–Crippen MR) is 58.5 cm³/mol. The lowest BCUT2D eigenvalue weighted by molar-refractivity contribution is 0.737. The number of nitrogen functional groups attached to an aromatic ring is 1. The van der Waals surface area contributed by atoms with Crippen molar-refractivity contribution in [3.05, 3.63) is 24.2 Å². The summed E-state index contributed by atoms with van der Waals surface area (Å²) >= 11 is 1.36. The number of nitrogens with zero attached hydrogens (tertiary/aromatic N) is 4. The molecule has 0 aromatic carbocycles. The molecule has 0 aliphatic carbocycles. The summed E-state index contributed by atoms with van der Waals surface area (Å²) in [6, 6.07) is 0. The second-order valence-corrected chi connectivity index (χ2v) is 4.16. The first-order chi connectivity index (χ1) is 7.15. The van der Waals surface area contributed by atoms with Crippen molar-refractivity contribution < 1.29 is 0 Å². The van der Waals surface area contributed by atoms with E-state index in [1.165, 1.54) is 11.8 Å². The van der Waals surface area contributed by atoms with Gasteiger partial charge in [-0.25, -0.2) is 9.97 Å². The van der Waals surface area contributed by atoms with E-state index in [0.29, 0.717) is 10.8 Å². The highest BCUT2D eigenvalue weighted by Crippen LogP contribution is 2.27. The summed E-state index contributed by atoms with van der Waals surface area (Å²) in [5.74, 6) is 0. The Hall–Kier alpha value is -1.56. The van der Waals surface area contributed by atoms with E-state index >= 15 is 0 Å². The number of anilines is 1. The van der Waals surface area contributed by atoms with Gasteiger partial charge >= 0.3 is 0 Å². The fourth-order valence-corrected chi connectivity index (χ4v) is 1.81. The Morgan fingerprint density at radius 2 is 2.00 bits per heavy atom. The van der Waals surface area contributed by atoms with Gasteiger partial charge in [0.05, 0.1) is 5.69 Å². The van der Waals surface area contributed by atoms with Gasteiger partial charge in [-0.1, -0.05) is 0 Å². The van der Waals surface area contributed by atoms with Gasteiger partial charge in [-0.2, -0.15) is 5.10 Å². The highest BCUT2D eigenvalue weighted by atomic mass is 32.2. The molecular formula is C9H11N5S. The van der Waals surface area contributed by atoms with Crippen molar-refractivity contribution in [2.75, 3.05) is 5.73 Å². The van der Waals surface area contributed by atoms with Gasteiger partial charge in [0.25, 0.3) is 0 Å². The van der Waals surface area contributed by atoms with E-state index in [4.69, 9.17) is 5.73 Å². The second kappa shape index (κ2) is 3.90. The van der Waals surface area contributed by atoms with Gasteiger partial charge in [0.1, 0.15) is 5.03 Å².